The molecule has 2 saturated carbocycles. The Balaban J connectivity index is 1.32. The summed E-state index contributed by atoms with van der Waals surface area (Å²) in [6.07, 6.45) is 5.37. The Kier molecular flexibility index (Phi) is 6.73. The molecule has 0 radical (unpaired) electrons. The van der Waals surface area contributed by atoms with E-state index in [-0.39, 0.29) is 0 Å². The van der Waals surface area contributed by atoms with E-state index in [9.17, 15) is 0 Å². The summed E-state index contributed by atoms with van der Waals surface area (Å²) in [5.41, 5.74) is 3.05. The average Bonchev–Trinajstić information content (AvgIpc) is 2.70. The Morgan fingerprint density at radius 3 is 2.66 bits per heavy atom. The van der Waals surface area contributed by atoms with E-state index < -0.39 is 0 Å². The fourth-order valence-electron chi connectivity index (χ4n) is 5.06. The van der Waals surface area contributed by atoms with Crippen molar-refractivity contribution in [2.45, 2.75) is 57.8 Å². The van der Waals surface area contributed by atoms with Crippen molar-refractivity contribution in [2.24, 2.45) is 10.4 Å². The second-order valence-corrected chi connectivity index (χ2v) is 8.55. The summed E-state index contributed by atoms with van der Waals surface area (Å²) in [5.74, 6) is 0.900. The van der Waals surface area contributed by atoms with Crippen LogP contribution in [-0.2, 0) is 22.6 Å². The SMILES string of the molecule is CCOC1CC(NC(=NC)NCc2ccccc2CN2CCOCC2)C12CCC2. The van der Waals surface area contributed by atoms with Gasteiger partial charge in [0.15, 0.2) is 5.96 Å². The highest BCUT2D eigenvalue weighted by molar-refractivity contribution is 5.80. The maximum Gasteiger partial charge on any atom is 0.191 e. The molecule has 0 aromatic heterocycles. The zero-order valence-corrected chi connectivity index (χ0v) is 18.0. The van der Waals surface area contributed by atoms with Gasteiger partial charge in [-0.25, -0.2) is 0 Å². The van der Waals surface area contributed by atoms with Gasteiger partial charge >= 0.3 is 0 Å². The number of hydrogen-bond donors (Lipinski definition) is 2. The standard InChI is InChI=1S/C23H36N4O2/c1-3-29-21-15-20(23(21)9-6-10-23)26-22(24-2)25-16-18-7-4-5-8-19(18)17-27-11-13-28-14-12-27/h4-5,7-8,20-21H,3,6,9-17H2,1-2H3,(H2,24,25,26). The lowest BCUT2D eigenvalue weighted by Gasteiger charge is -2.61. The minimum absolute atomic E-state index is 0.335. The predicted molar refractivity (Wildman–Crippen MR) is 116 cm³/mol. The fraction of sp³-hybridized carbons (Fsp3) is 0.696. The van der Waals surface area contributed by atoms with Crippen molar-refractivity contribution in [3.8, 4) is 0 Å². The van der Waals surface area contributed by atoms with Crippen molar-refractivity contribution >= 4 is 5.96 Å². The molecule has 1 aromatic rings. The van der Waals surface area contributed by atoms with Gasteiger partial charge in [-0.1, -0.05) is 30.7 Å². The first-order chi connectivity index (χ1) is 14.2. The molecule has 2 N–H and O–H groups in total. The highest BCUT2D eigenvalue weighted by Gasteiger charge is 2.59. The van der Waals surface area contributed by atoms with Gasteiger partial charge in [0, 0.05) is 51.3 Å². The van der Waals surface area contributed by atoms with E-state index in [2.05, 4.69) is 51.7 Å². The summed E-state index contributed by atoms with van der Waals surface area (Å²) in [6, 6.07) is 9.19. The molecule has 6 nitrogen and oxygen atoms in total. The van der Waals surface area contributed by atoms with Crippen LogP contribution in [0.5, 0.6) is 0 Å². The summed E-state index contributed by atoms with van der Waals surface area (Å²) in [7, 11) is 1.86. The van der Waals surface area contributed by atoms with Gasteiger partial charge in [0.1, 0.15) is 0 Å². The lowest BCUT2D eigenvalue weighted by atomic mass is 9.51. The van der Waals surface area contributed by atoms with Gasteiger partial charge in [0.05, 0.1) is 19.3 Å². The molecule has 0 bridgehead atoms. The molecule has 160 valence electrons. The maximum absolute atomic E-state index is 5.98. The van der Waals surface area contributed by atoms with Crippen LogP contribution in [0.25, 0.3) is 0 Å². The number of nitrogens with zero attached hydrogens (tertiary/aromatic N) is 2. The summed E-state index contributed by atoms with van der Waals surface area (Å²) in [5, 5.41) is 7.24. The molecule has 1 aromatic carbocycles. The van der Waals surface area contributed by atoms with Crippen LogP contribution in [0, 0.1) is 5.41 Å². The van der Waals surface area contributed by atoms with E-state index in [4.69, 9.17) is 9.47 Å². The minimum Gasteiger partial charge on any atom is -0.379 e. The van der Waals surface area contributed by atoms with Gasteiger partial charge in [-0.3, -0.25) is 9.89 Å². The van der Waals surface area contributed by atoms with Crippen LogP contribution in [0.2, 0.25) is 0 Å². The Labute approximate surface area is 175 Å². The first-order valence-electron chi connectivity index (χ1n) is 11.2. The third kappa shape index (κ3) is 4.44. The number of hydrogen-bond acceptors (Lipinski definition) is 4. The summed E-state index contributed by atoms with van der Waals surface area (Å²) >= 11 is 0. The fourth-order valence-corrected chi connectivity index (χ4v) is 5.06. The van der Waals surface area contributed by atoms with E-state index in [0.29, 0.717) is 17.6 Å². The van der Waals surface area contributed by atoms with Crippen molar-refractivity contribution in [1.82, 2.24) is 15.5 Å². The molecule has 1 aliphatic heterocycles. The zero-order valence-electron chi connectivity index (χ0n) is 18.0. The summed E-state index contributed by atoms with van der Waals surface area (Å²) in [4.78, 5) is 6.96. The van der Waals surface area contributed by atoms with Crippen LogP contribution < -0.4 is 10.6 Å². The normalized spacial score (nSPS) is 26.6. The number of guanidine groups is 1. The Morgan fingerprint density at radius 1 is 1.24 bits per heavy atom. The minimum atomic E-state index is 0.335. The molecule has 3 aliphatic rings. The van der Waals surface area contributed by atoms with Gasteiger partial charge in [0.25, 0.3) is 0 Å². The molecule has 2 atom stereocenters. The zero-order chi connectivity index (χ0) is 20.1. The Bertz CT molecular complexity index is 698. The molecule has 0 amide bonds. The van der Waals surface area contributed by atoms with E-state index in [1.807, 2.05) is 7.05 Å². The number of nitrogens with one attached hydrogen (secondary N) is 2. The van der Waals surface area contributed by atoms with E-state index >= 15 is 0 Å². The molecule has 3 fully saturated rings. The third-order valence-corrected chi connectivity index (χ3v) is 7.03. The molecule has 2 unspecified atom stereocenters. The number of aliphatic imine (C=N–C) groups is 1. The molecule has 4 rings (SSSR count). The lowest BCUT2D eigenvalue weighted by Crippen LogP contribution is -2.68. The smallest absolute Gasteiger partial charge is 0.191 e. The van der Waals surface area contributed by atoms with Gasteiger partial charge < -0.3 is 20.1 Å². The van der Waals surface area contributed by atoms with Crippen LogP contribution in [-0.4, -0.2) is 63.0 Å². The van der Waals surface area contributed by atoms with Crippen molar-refractivity contribution in [1.29, 1.82) is 0 Å². The number of rotatable bonds is 7. The number of benzene rings is 1. The highest BCUT2D eigenvalue weighted by Crippen LogP contribution is 2.57. The van der Waals surface area contributed by atoms with Crippen molar-refractivity contribution in [3.63, 3.8) is 0 Å². The molecular weight excluding hydrogens is 364 g/mol. The molecule has 1 saturated heterocycles. The van der Waals surface area contributed by atoms with Gasteiger partial charge in [-0.05, 0) is 37.3 Å². The predicted octanol–water partition coefficient (Wildman–Crippen LogP) is 2.53. The molecular formula is C23H36N4O2. The Hall–Kier alpha value is -1.63. The first kappa shape index (κ1) is 20.6. The van der Waals surface area contributed by atoms with Crippen LogP contribution in [0.3, 0.4) is 0 Å². The topological polar surface area (TPSA) is 58.1 Å². The van der Waals surface area contributed by atoms with E-state index in [1.54, 1.807) is 0 Å². The summed E-state index contributed by atoms with van der Waals surface area (Å²) in [6.45, 7) is 8.37. The second kappa shape index (κ2) is 9.45. The summed E-state index contributed by atoms with van der Waals surface area (Å²) < 4.78 is 11.5. The molecule has 29 heavy (non-hydrogen) atoms. The van der Waals surface area contributed by atoms with Crippen molar-refractivity contribution < 1.29 is 9.47 Å². The first-order valence-corrected chi connectivity index (χ1v) is 11.2. The Morgan fingerprint density at radius 2 is 2.00 bits per heavy atom. The molecule has 2 aliphatic carbocycles. The lowest BCUT2D eigenvalue weighted by molar-refractivity contribution is -0.168. The molecule has 6 heteroatoms. The number of ether oxygens (including phenoxy) is 2. The molecule has 1 heterocycles. The van der Waals surface area contributed by atoms with Crippen LogP contribution in [0.4, 0.5) is 0 Å². The van der Waals surface area contributed by atoms with Crippen LogP contribution in [0.15, 0.2) is 29.3 Å². The second-order valence-electron chi connectivity index (χ2n) is 8.55. The van der Waals surface area contributed by atoms with Crippen LogP contribution in [0.1, 0.15) is 43.7 Å². The maximum atomic E-state index is 5.98. The third-order valence-electron chi connectivity index (χ3n) is 7.03. The number of morpholine rings is 1. The quantitative estimate of drug-likeness (QED) is 0.544. The van der Waals surface area contributed by atoms with Crippen molar-refractivity contribution in [3.05, 3.63) is 35.4 Å². The van der Waals surface area contributed by atoms with Gasteiger partial charge in [-0.2, -0.15) is 0 Å². The van der Waals surface area contributed by atoms with Crippen molar-refractivity contribution in [2.75, 3.05) is 40.0 Å². The average molecular weight is 401 g/mol. The van der Waals surface area contributed by atoms with Gasteiger partial charge in [-0.15, -0.1) is 0 Å². The van der Waals surface area contributed by atoms with Gasteiger partial charge in [0.2, 0.25) is 0 Å². The van der Waals surface area contributed by atoms with E-state index in [0.717, 1.165) is 58.4 Å². The monoisotopic (exact) mass is 400 g/mol. The van der Waals surface area contributed by atoms with E-state index in [1.165, 1.54) is 30.4 Å². The van der Waals surface area contributed by atoms with Crippen LogP contribution >= 0.6 is 0 Å². The molecule has 1 spiro atoms. The highest BCUT2D eigenvalue weighted by atomic mass is 16.5. The largest absolute Gasteiger partial charge is 0.379 e.